The number of hydrogen-bond donors (Lipinski definition) is 1. The molecule has 1 saturated carbocycles. The van der Waals surface area contributed by atoms with E-state index in [0.717, 1.165) is 6.61 Å². The van der Waals surface area contributed by atoms with Crippen LogP contribution >= 0.6 is 0 Å². The molecule has 1 aliphatic carbocycles. The summed E-state index contributed by atoms with van der Waals surface area (Å²) in [4.78, 5) is 0. The fourth-order valence-electron chi connectivity index (χ4n) is 2.00. The summed E-state index contributed by atoms with van der Waals surface area (Å²) in [6.45, 7) is 3.06. The molecule has 58 valence electrons. The van der Waals surface area contributed by atoms with E-state index in [2.05, 4.69) is 6.92 Å². The molecule has 0 aromatic rings. The minimum atomic E-state index is 0.177. The van der Waals surface area contributed by atoms with Crippen LogP contribution in [0.2, 0.25) is 0 Å². The molecule has 0 spiro atoms. The van der Waals surface area contributed by atoms with Gasteiger partial charge < -0.3 is 10.5 Å². The summed E-state index contributed by atoms with van der Waals surface area (Å²) >= 11 is 0. The SMILES string of the molecule is CC1OCCC1C1(N)CC1. The van der Waals surface area contributed by atoms with E-state index in [1.165, 1.54) is 19.3 Å². The van der Waals surface area contributed by atoms with Crippen LogP contribution in [0.25, 0.3) is 0 Å². The molecule has 2 rings (SSSR count). The zero-order valence-corrected chi connectivity index (χ0v) is 6.47. The van der Waals surface area contributed by atoms with Crippen molar-refractivity contribution in [2.45, 2.75) is 37.8 Å². The summed E-state index contributed by atoms with van der Waals surface area (Å²) in [5, 5.41) is 0. The first-order valence-electron chi connectivity index (χ1n) is 4.13. The van der Waals surface area contributed by atoms with Gasteiger partial charge in [-0.2, -0.15) is 0 Å². The van der Waals surface area contributed by atoms with Crippen LogP contribution < -0.4 is 5.73 Å². The van der Waals surface area contributed by atoms with E-state index in [-0.39, 0.29) is 5.54 Å². The van der Waals surface area contributed by atoms with Gasteiger partial charge in [0.25, 0.3) is 0 Å². The molecule has 1 saturated heterocycles. The summed E-state index contributed by atoms with van der Waals surface area (Å²) in [5.41, 5.74) is 6.24. The monoisotopic (exact) mass is 141 g/mol. The van der Waals surface area contributed by atoms with Gasteiger partial charge in [-0.3, -0.25) is 0 Å². The maximum atomic E-state index is 6.06. The summed E-state index contributed by atoms with van der Waals surface area (Å²) in [5.74, 6) is 0.646. The lowest BCUT2D eigenvalue weighted by Gasteiger charge is -2.20. The highest BCUT2D eigenvalue weighted by atomic mass is 16.5. The maximum Gasteiger partial charge on any atom is 0.0593 e. The average molecular weight is 141 g/mol. The molecular formula is C8H15NO. The van der Waals surface area contributed by atoms with Gasteiger partial charge in [0.1, 0.15) is 0 Å². The first kappa shape index (κ1) is 6.62. The van der Waals surface area contributed by atoms with E-state index in [0.29, 0.717) is 12.0 Å². The van der Waals surface area contributed by atoms with E-state index in [1.54, 1.807) is 0 Å². The lowest BCUT2D eigenvalue weighted by atomic mass is 9.92. The lowest BCUT2D eigenvalue weighted by molar-refractivity contribution is 0.0970. The molecule has 1 heterocycles. The highest BCUT2D eigenvalue weighted by molar-refractivity contribution is 5.06. The van der Waals surface area contributed by atoms with Gasteiger partial charge >= 0.3 is 0 Å². The fraction of sp³-hybridized carbons (Fsp3) is 1.00. The van der Waals surface area contributed by atoms with Gasteiger partial charge in [0.15, 0.2) is 0 Å². The standard InChI is InChI=1S/C8H15NO/c1-6-7(2-5-10-6)8(9)3-4-8/h6-7H,2-5,9H2,1H3. The van der Waals surface area contributed by atoms with Gasteiger partial charge in [0.05, 0.1) is 6.10 Å². The summed E-state index contributed by atoms with van der Waals surface area (Å²) in [6, 6.07) is 0. The Morgan fingerprint density at radius 3 is 2.60 bits per heavy atom. The summed E-state index contributed by atoms with van der Waals surface area (Å²) in [6.07, 6.45) is 4.02. The van der Waals surface area contributed by atoms with Crippen LogP contribution in [-0.4, -0.2) is 18.2 Å². The third kappa shape index (κ3) is 0.867. The molecule has 0 amide bonds. The minimum Gasteiger partial charge on any atom is -0.378 e. The van der Waals surface area contributed by atoms with Crippen LogP contribution in [0.5, 0.6) is 0 Å². The average Bonchev–Trinajstić information content (AvgIpc) is 2.44. The molecule has 2 aliphatic rings. The molecule has 2 N–H and O–H groups in total. The van der Waals surface area contributed by atoms with Crippen LogP contribution in [-0.2, 0) is 4.74 Å². The Kier molecular flexibility index (Phi) is 1.29. The first-order valence-corrected chi connectivity index (χ1v) is 4.13. The molecule has 2 fully saturated rings. The summed E-state index contributed by atoms with van der Waals surface area (Å²) in [7, 11) is 0. The minimum absolute atomic E-state index is 0.177. The Bertz CT molecular complexity index is 142. The Balaban J connectivity index is 2.03. The first-order chi connectivity index (χ1) is 4.72. The quantitative estimate of drug-likeness (QED) is 0.589. The van der Waals surface area contributed by atoms with Crippen LogP contribution in [0.3, 0.4) is 0 Å². The van der Waals surface area contributed by atoms with Crippen molar-refractivity contribution in [1.82, 2.24) is 0 Å². The second-order valence-electron chi connectivity index (χ2n) is 3.70. The van der Waals surface area contributed by atoms with Crippen molar-refractivity contribution in [3.05, 3.63) is 0 Å². The maximum absolute atomic E-state index is 6.06. The number of rotatable bonds is 1. The Hall–Kier alpha value is -0.0800. The highest BCUT2D eigenvalue weighted by Crippen LogP contribution is 2.45. The normalized spacial score (nSPS) is 43.8. The second-order valence-corrected chi connectivity index (χ2v) is 3.70. The van der Waals surface area contributed by atoms with Crippen molar-refractivity contribution < 1.29 is 4.74 Å². The van der Waals surface area contributed by atoms with Crippen LogP contribution in [0.15, 0.2) is 0 Å². The topological polar surface area (TPSA) is 35.2 Å². The molecule has 0 aromatic carbocycles. The van der Waals surface area contributed by atoms with Crippen molar-refractivity contribution in [1.29, 1.82) is 0 Å². The van der Waals surface area contributed by atoms with E-state index >= 15 is 0 Å². The van der Waals surface area contributed by atoms with Crippen LogP contribution in [0, 0.1) is 5.92 Å². The molecule has 2 unspecified atom stereocenters. The number of hydrogen-bond acceptors (Lipinski definition) is 2. The zero-order valence-electron chi connectivity index (χ0n) is 6.47. The van der Waals surface area contributed by atoms with Gasteiger partial charge in [-0.15, -0.1) is 0 Å². The van der Waals surface area contributed by atoms with E-state index in [9.17, 15) is 0 Å². The molecule has 10 heavy (non-hydrogen) atoms. The number of nitrogens with two attached hydrogens (primary N) is 1. The van der Waals surface area contributed by atoms with Crippen molar-refractivity contribution >= 4 is 0 Å². The van der Waals surface area contributed by atoms with Crippen molar-refractivity contribution in [2.24, 2.45) is 11.7 Å². The summed E-state index contributed by atoms with van der Waals surface area (Å²) < 4.78 is 5.45. The largest absolute Gasteiger partial charge is 0.378 e. The molecule has 0 aromatic heterocycles. The third-order valence-electron chi connectivity index (χ3n) is 2.94. The van der Waals surface area contributed by atoms with E-state index in [1.807, 2.05) is 0 Å². The second kappa shape index (κ2) is 1.95. The van der Waals surface area contributed by atoms with E-state index < -0.39 is 0 Å². The zero-order chi connectivity index (χ0) is 7.19. The Morgan fingerprint density at radius 1 is 1.50 bits per heavy atom. The predicted octanol–water partition coefficient (Wildman–Crippen LogP) is 0.903. The van der Waals surface area contributed by atoms with Gasteiger partial charge in [0, 0.05) is 18.1 Å². The Morgan fingerprint density at radius 2 is 2.20 bits per heavy atom. The molecule has 2 nitrogen and oxygen atoms in total. The predicted molar refractivity (Wildman–Crippen MR) is 39.7 cm³/mol. The Labute approximate surface area is 61.7 Å². The van der Waals surface area contributed by atoms with Crippen molar-refractivity contribution in [3.63, 3.8) is 0 Å². The molecule has 0 radical (unpaired) electrons. The van der Waals surface area contributed by atoms with Gasteiger partial charge in [-0.1, -0.05) is 0 Å². The van der Waals surface area contributed by atoms with Crippen LogP contribution in [0.1, 0.15) is 26.2 Å². The van der Waals surface area contributed by atoms with Crippen LogP contribution in [0.4, 0.5) is 0 Å². The lowest BCUT2D eigenvalue weighted by Crippen LogP contribution is -2.36. The van der Waals surface area contributed by atoms with E-state index in [4.69, 9.17) is 10.5 Å². The van der Waals surface area contributed by atoms with Gasteiger partial charge in [0.2, 0.25) is 0 Å². The van der Waals surface area contributed by atoms with Gasteiger partial charge in [-0.25, -0.2) is 0 Å². The smallest absolute Gasteiger partial charge is 0.0593 e. The molecule has 2 atom stereocenters. The molecular weight excluding hydrogens is 126 g/mol. The van der Waals surface area contributed by atoms with Gasteiger partial charge in [-0.05, 0) is 26.2 Å². The van der Waals surface area contributed by atoms with Crippen molar-refractivity contribution in [2.75, 3.05) is 6.61 Å². The molecule has 0 bridgehead atoms. The molecule has 2 heteroatoms. The third-order valence-corrected chi connectivity index (χ3v) is 2.94. The fourth-order valence-corrected chi connectivity index (χ4v) is 2.00. The molecule has 1 aliphatic heterocycles. The highest BCUT2D eigenvalue weighted by Gasteiger charge is 2.49. The van der Waals surface area contributed by atoms with Crippen molar-refractivity contribution in [3.8, 4) is 0 Å². The number of ether oxygens (including phenoxy) is 1.